The number of carbonyl (C=O) groups excluding carboxylic acids is 1. The van der Waals surface area contributed by atoms with Gasteiger partial charge in [-0.1, -0.05) is 16.8 Å². The number of fused-ring (bicyclic) bond motifs is 1. The summed E-state index contributed by atoms with van der Waals surface area (Å²) in [6.07, 6.45) is 5.29. The summed E-state index contributed by atoms with van der Waals surface area (Å²) in [5.41, 5.74) is 0.739. The van der Waals surface area contributed by atoms with Gasteiger partial charge in [0.1, 0.15) is 0 Å². The topological polar surface area (TPSA) is 81.8 Å². The molecule has 1 saturated heterocycles. The van der Waals surface area contributed by atoms with Crippen molar-refractivity contribution in [2.45, 2.75) is 57.6 Å². The summed E-state index contributed by atoms with van der Waals surface area (Å²) in [5, 5.41) is 18.4. The number of rotatable bonds is 7. The van der Waals surface area contributed by atoms with Gasteiger partial charge in [0.15, 0.2) is 11.4 Å². The van der Waals surface area contributed by atoms with Gasteiger partial charge in [-0.2, -0.15) is 0 Å². The van der Waals surface area contributed by atoms with E-state index in [-0.39, 0.29) is 18.4 Å². The first-order valence-electron chi connectivity index (χ1n) is 11.5. The Morgan fingerprint density at radius 1 is 1.26 bits per heavy atom. The Hall–Kier alpha value is -1.83. The van der Waals surface area contributed by atoms with Crippen LogP contribution in [0.15, 0.2) is 22.7 Å². The van der Waals surface area contributed by atoms with Crippen LogP contribution in [0.2, 0.25) is 5.02 Å². The minimum atomic E-state index is -0.571. The zero-order valence-corrected chi connectivity index (χ0v) is 19.0. The first kappa shape index (κ1) is 22.4. The van der Waals surface area contributed by atoms with Crippen LogP contribution < -0.4 is 10.2 Å². The van der Waals surface area contributed by atoms with E-state index < -0.39 is 6.10 Å². The molecule has 1 aromatic carbocycles. The van der Waals surface area contributed by atoms with Crippen molar-refractivity contribution < 1.29 is 14.4 Å². The Morgan fingerprint density at radius 2 is 2.00 bits per heavy atom. The fourth-order valence-electron chi connectivity index (χ4n) is 4.82. The predicted octanol–water partition coefficient (Wildman–Crippen LogP) is 3.44. The molecule has 2 fully saturated rings. The van der Waals surface area contributed by atoms with Crippen LogP contribution in [0.1, 0.15) is 45.4 Å². The second-order valence-corrected chi connectivity index (χ2v) is 9.54. The van der Waals surface area contributed by atoms with Crippen LogP contribution in [0, 0.1) is 5.92 Å². The number of benzene rings is 1. The van der Waals surface area contributed by atoms with E-state index in [0.29, 0.717) is 5.02 Å². The van der Waals surface area contributed by atoms with E-state index in [0.717, 1.165) is 68.3 Å². The molecule has 1 atom stereocenters. The van der Waals surface area contributed by atoms with Gasteiger partial charge in [-0.25, -0.2) is 0 Å². The van der Waals surface area contributed by atoms with Crippen molar-refractivity contribution in [3.8, 4) is 0 Å². The van der Waals surface area contributed by atoms with Crippen LogP contribution >= 0.6 is 11.6 Å². The maximum absolute atomic E-state index is 11.8. The normalized spacial score (nSPS) is 23.8. The highest BCUT2D eigenvalue weighted by molar-refractivity contribution is 6.31. The van der Waals surface area contributed by atoms with Crippen molar-refractivity contribution in [2.75, 3.05) is 37.6 Å². The van der Waals surface area contributed by atoms with E-state index >= 15 is 0 Å². The highest BCUT2D eigenvalue weighted by Crippen LogP contribution is 2.30. The number of halogens is 1. The molecule has 31 heavy (non-hydrogen) atoms. The van der Waals surface area contributed by atoms with Crippen LogP contribution in [0.4, 0.5) is 5.82 Å². The van der Waals surface area contributed by atoms with Gasteiger partial charge in [-0.05, 0) is 63.6 Å². The fourth-order valence-corrected chi connectivity index (χ4v) is 4.99. The van der Waals surface area contributed by atoms with E-state index in [9.17, 15) is 9.90 Å². The van der Waals surface area contributed by atoms with Gasteiger partial charge in [-0.3, -0.25) is 9.69 Å². The van der Waals surface area contributed by atoms with Gasteiger partial charge < -0.3 is 19.8 Å². The Balaban J connectivity index is 1.17. The Morgan fingerprint density at radius 3 is 2.71 bits per heavy atom. The summed E-state index contributed by atoms with van der Waals surface area (Å²) in [6.45, 7) is 6.75. The monoisotopic (exact) mass is 448 g/mol. The summed E-state index contributed by atoms with van der Waals surface area (Å²) in [5.74, 6) is 1.63. The molecule has 1 aliphatic heterocycles. The molecule has 7 nitrogen and oxygen atoms in total. The Kier molecular flexibility index (Phi) is 7.35. The van der Waals surface area contributed by atoms with Crippen LogP contribution in [0.3, 0.4) is 0 Å². The first-order chi connectivity index (χ1) is 15.0. The molecule has 1 amide bonds. The number of amides is 1. The van der Waals surface area contributed by atoms with Crippen molar-refractivity contribution in [3.63, 3.8) is 0 Å². The number of anilines is 1. The molecule has 0 radical (unpaired) electrons. The number of hydrogen-bond donors (Lipinski definition) is 2. The smallest absolute Gasteiger partial charge is 0.222 e. The van der Waals surface area contributed by atoms with E-state index in [1.165, 1.54) is 19.3 Å². The van der Waals surface area contributed by atoms with Gasteiger partial charge in [-0.15, -0.1) is 0 Å². The molecule has 1 saturated carbocycles. The van der Waals surface area contributed by atoms with E-state index in [1.54, 1.807) is 6.92 Å². The van der Waals surface area contributed by atoms with Crippen molar-refractivity contribution in [1.29, 1.82) is 0 Å². The largest absolute Gasteiger partial charge is 0.393 e. The van der Waals surface area contributed by atoms with Gasteiger partial charge in [0.2, 0.25) is 5.91 Å². The van der Waals surface area contributed by atoms with E-state index in [1.807, 2.05) is 18.2 Å². The quantitative estimate of drug-likeness (QED) is 0.675. The molecule has 170 valence electrons. The van der Waals surface area contributed by atoms with Crippen LogP contribution in [0.25, 0.3) is 11.0 Å². The fraction of sp³-hybridized carbons (Fsp3) is 0.652. The predicted molar refractivity (Wildman–Crippen MR) is 122 cm³/mol. The van der Waals surface area contributed by atoms with Crippen molar-refractivity contribution >= 4 is 34.3 Å². The first-order valence-corrected chi connectivity index (χ1v) is 11.9. The number of nitrogens with one attached hydrogen (secondary N) is 1. The number of carbonyl (C=O) groups is 1. The molecule has 0 bridgehead atoms. The highest BCUT2D eigenvalue weighted by Gasteiger charge is 2.25. The molecule has 4 rings (SSSR count). The number of nitrogens with zero attached hydrogens (tertiary/aromatic N) is 3. The summed E-state index contributed by atoms with van der Waals surface area (Å²) in [6, 6.07) is 5.96. The summed E-state index contributed by atoms with van der Waals surface area (Å²) >= 11 is 6.04. The molecule has 2 N–H and O–H groups in total. The molecule has 1 unspecified atom stereocenters. The van der Waals surface area contributed by atoms with E-state index in [2.05, 4.69) is 20.3 Å². The lowest BCUT2D eigenvalue weighted by Gasteiger charge is -2.36. The molecule has 2 heterocycles. The van der Waals surface area contributed by atoms with E-state index in [4.69, 9.17) is 16.1 Å². The number of hydrogen-bond acceptors (Lipinski definition) is 6. The van der Waals surface area contributed by atoms with Gasteiger partial charge >= 0.3 is 0 Å². The second kappa shape index (κ2) is 10.2. The number of aromatic nitrogens is 1. The minimum Gasteiger partial charge on any atom is -0.393 e. The SMILES string of the molecule is CC(O)CC(=O)NC1CCC(CCN2CCN(c3noc4cc(Cl)ccc34)CC2)CC1. The lowest BCUT2D eigenvalue weighted by molar-refractivity contribution is -0.123. The maximum atomic E-state index is 11.8. The third kappa shape index (κ3) is 5.90. The molecule has 2 aromatic rings. The number of aliphatic hydroxyl groups is 1. The third-order valence-corrected chi connectivity index (χ3v) is 6.87. The molecule has 8 heteroatoms. The summed E-state index contributed by atoms with van der Waals surface area (Å²) in [4.78, 5) is 16.7. The molecule has 1 aromatic heterocycles. The Bertz CT molecular complexity index is 871. The average Bonchev–Trinajstić information content (AvgIpc) is 3.16. The van der Waals surface area contributed by atoms with Crippen molar-refractivity contribution in [2.24, 2.45) is 5.92 Å². The van der Waals surface area contributed by atoms with Crippen molar-refractivity contribution in [1.82, 2.24) is 15.4 Å². The van der Waals surface area contributed by atoms with Crippen LogP contribution in [-0.2, 0) is 4.79 Å². The number of aliphatic hydroxyl groups excluding tert-OH is 1. The average molecular weight is 449 g/mol. The standard InChI is InChI=1S/C23H33ClN4O3/c1-16(29)14-22(30)25-19-5-2-17(3-6-19)8-9-27-10-12-28(13-11-27)23-20-7-4-18(24)15-21(20)31-26-23/h4,7,15-17,19,29H,2-3,5-6,8-14H2,1H3,(H,25,30). The van der Waals surface area contributed by atoms with Crippen LogP contribution in [0.5, 0.6) is 0 Å². The molecule has 2 aliphatic rings. The minimum absolute atomic E-state index is 0.0284. The van der Waals surface area contributed by atoms with Gasteiger partial charge in [0, 0.05) is 43.3 Å². The highest BCUT2D eigenvalue weighted by atomic mass is 35.5. The third-order valence-electron chi connectivity index (χ3n) is 6.63. The molecular weight excluding hydrogens is 416 g/mol. The zero-order valence-electron chi connectivity index (χ0n) is 18.2. The summed E-state index contributed by atoms with van der Waals surface area (Å²) < 4.78 is 5.46. The number of piperazine rings is 1. The molecular formula is C23H33ClN4O3. The lowest BCUT2D eigenvalue weighted by atomic mass is 9.84. The molecule has 0 spiro atoms. The Labute approximate surface area is 188 Å². The maximum Gasteiger partial charge on any atom is 0.222 e. The van der Waals surface area contributed by atoms with Gasteiger partial charge in [0.25, 0.3) is 0 Å². The second-order valence-electron chi connectivity index (χ2n) is 9.10. The van der Waals surface area contributed by atoms with Crippen LogP contribution in [-0.4, -0.2) is 65.9 Å². The molecule has 1 aliphatic carbocycles. The van der Waals surface area contributed by atoms with Crippen molar-refractivity contribution in [3.05, 3.63) is 23.2 Å². The lowest BCUT2D eigenvalue weighted by Crippen LogP contribution is -2.47. The summed E-state index contributed by atoms with van der Waals surface area (Å²) in [7, 11) is 0. The van der Waals surface area contributed by atoms with Gasteiger partial charge in [0.05, 0.1) is 17.9 Å². The zero-order chi connectivity index (χ0) is 21.8.